The fraction of sp³-hybridized carbons (Fsp3) is 0.538. The van der Waals surface area contributed by atoms with E-state index in [1.54, 1.807) is 0 Å². The summed E-state index contributed by atoms with van der Waals surface area (Å²) >= 11 is 0. The third-order valence-electron chi connectivity index (χ3n) is 3.70. The number of sulfonamides is 1. The van der Waals surface area contributed by atoms with Crippen LogP contribution in [0, 0.1) is 11.7 Å². The lowest BCUT2D eigenvalue weighted by Crippen LogP contribution is -2.48. The van der Waals surface area contributed by atoms with Crippen LogP contribution in [0.2, 0.25) is 0 Å². The summed E-state index contributed by atoms with van der Waals surface area (Å²) in [5.41, 5.74) is 0. The second-order valence-electron chi connectivity index (χ2n) is 5.56. The molecule has 2 N–H and O–H groups in total. The van der Waals surface area contributed by atoms with Crippen LogP contribution in [-0.4, -0.2) is 42.2 Å². The van der Waals surface area contributed by atoms with Gasteiger partial charge in [-0.25, -0.2) is 25.9 Å². The van der Waals surface area contributed by atoms with Gasteiger partial charge >= 0.3 is 0 Å². The first-order valence-electron chi connectivity index (χ1n) is 6.84. The molecule has 2 atom stereocenters. The highest BCUT2D eigenvalue weighted by Gasteiger charge is 2.27. The smallest absolute Gasteiger partial charge is 0.240 e. The van der Waals surface area contributed by atoms with Gasteiger partial charge < -0.3 is 5.32 Å². The van der Waals surface area contributed by atoms with E-state index < -0.39 is 30.6 Å². The number of hydrogen-bond acceptors (Lipinski definition) is 5. The van der Waals surface area contributed by atoms with Gasteiger partial charge in [-0.1, -0.05) is 6.92 Å². The zero-order valence-corrected chi connectivity index (χ0v) is 15.2. The van der Waals surface area contributed by atoms with E-state index in [1.165, 1.54) is 0 Å². The van der Waals surface area contributed by atoms with E-state index in [1.807, 2.05) is 6.92 Å². The molecule has 0 radical (unpaired) electrons. The van der Waals surface area contributed by atoms with Crippen molar-refractivity contribution in [2.45, 2.75) is 29.2 Å². The lowest BCUT2D eigenvalue weighted by Gasteiger charge is -2.29. The number of benzene rings is 1. The molecule has 1 aromatic rings. The molecule has 23 heavy (non-hydrogen) atoms. The topological polar surface area (TPSA) is 92.3 Å². The molecule has 132 valence electrons. The number of rotatable bonds is 4. The highest BCUT2D eigenvalue weighted by Crippen LogP contribution is 2.20. The fourth-order valence-electron chi connectivity index (χ4n) is 2.41. The van der Waals surface area contributed by atoms with Crippen LogP contribution in [-0.2, 0) is 19.9 Å². The van der Waals surface area contributed by atoms with Crippen LogP contribution < -0.4 is 10.0 Å². The van der Waals surface area contributed by atoms with Crippen molar-refractivity contribution in [3.8, 4) is 0 Å². The first-order valence-corrected chi connectivity index (χ1v) is 10.2. The van der Waals surface area contributed by atoms with Gasteiger partial charge in [0.15, 0.2) is 9.84 Å². The Morgan fingerprint density at radius 2 is 1.91 bits per heavy atom. The number of sulfone groups is 1. The van der Waals surface area contributed by atoms with Crippen molar-refractivity contribution >= 4 is 32.3 Å². The molecule has 2 unspecified atom stereocenters. The van der Waals surface area contributed by atoms with Crippen molar-refractivity contribution in [2.24, 2.45) is 5.92 Å². The standard InChI is InChI=1S/C13H19FN2O4S2.ClH/c1-9-8-15-6-5-12(9)16-22(19,20)10-3-4-13(11(14)7-10)21(2,17)18;/h3-4,7,9,12,15-16H,5-6,8H2,1-2H3;1H. The summed E-state index contributed by atoms with van der Waals surface area (Å²) in [6.45, 7) is 3.33. The average molecular weight is 387 g/mol. The summed E-state index contributed by atoms with van der Waals surface area (Å²) in [5.74, 6) is -0.951. The fourth-order valence-corrected chi connectivity index (χ4v) is 4.52. The molecule has 10 heteroatoms. The van der Waals surface area contributed by atoms with Crippen molar-refractivity contribution in [1.82, 2.24) is 10.0 Å². The third kappa shape index (κ3) is 4.87. The van der Waals surface area contributed by atoms with Crippen molar-refractivity contribution in [3.63, 3.8) is 0 Å². The van der Waals surface area contributed by atoms with Crippen molar-refractivity contribution in [3.05, 3.63) is 24.0 Å². The quantitative estimate of drug-likeness (QED) is 0.803. The molecule has 6 nitrogen and oxygen atoms in total. The first kappa shape index (κ1) is 20.3. The van der Waals surface area contributed by atoms with E-state index in [4.69, 9.17) is 0 Å². The van der Waals surface area contributed by atoms with Gasteiger partial charge in [-0.15, -0.1) is 12.4 Å². The molecule has 0 aliphatic carbocycles. The molecule has 0 amide bonds. The van der Waals surface area contributed by atoms with Gasteiger partial charge in [0, 0.05) is 12.3 Å². The number of piperidine rings is 1. The minimum atomic E-state index is -3.89. The van der Waals surface area contributed by atoms with Crippen LogP contribution in [0.3, 0.4) is 0 Å². The molecular weight excluding hydrogens is 367 g/mol. The number of hydrogen-bond donors (Lipinski definition) is 2. The Kier molecular flexibility index (Phi) is 6.56. The zero-order valence-electron chi connectivity index (χ0n) is 12.7. The van der Waals surface area contributed by atoms with E-state index in [0.717, 1.165) is 24.5 Å². The van der Waals surface area contributed by atoms with E-state index >= 15 is 0 Å². The molecule has 0 bridgehead atoms. The van der Waals surface area contributed by atoms with Gasteiger partial charge in [-0.3, -0.25) is 0 Å². The minimum Gasteiger partial charge on any atom is -0.316 e. The summed E-state index contributed by atoms with van der Waals surface area (Å²) in [5, 5.41) is 3.16. The molecule has 1 saturated heterocycles. The Labute approximate surface area is 142 Å². The molecule has 1 aliphatic heterocycles. The Balaban J connectivity index is 0.00000264. The predicted octanol–water partition coefficient (Wildman–Crippen LogP) is 0.927. The van der Waals surface area contributed by atoms with Crippen LogP contribution in [0.25, 0.3) is 0 Å². The third-order valence-corrected chi connectivity index (χ3v) is 6.32. The van der Waals surface area contributed by atoms with E-state index in [0.29, 0.717) is 19.5 Å². The van der Waals surface area contributed by atoms with Gasteiger partial charge in [0.1, 0.15) is 10.7 Å². The molecule has 1 heterocycles. The molecule has 2 rings (SSSR count). The molecule has 0 spiro atoms. The Bertz CT molecular complexity index is 768. The first-order chi connectivity index (χ1) is 10.1. The number of nitrogens with one attached hydrogen (secondary N) is 2. The summed E-state index contributed by atoms with van der Waals surface area (Å²) < 4.78 is 63.8. The molecule has 0 aromatic heterocycles. The van der Waals surface area contributed by atoms with Gasteiger partial charge in [0.25, 0.3) is 0 Å². The maximum absolute atomic E-state index is 13.9. The molecule has 1 aliphatic rings. The second kappa shape index (κ2) is 7.43. The zero-order chi connectivity index (χ0) is 16.5. The van der Waals surface area contributed by atoms with E-state index in [2.05, 4.69) is 10.0 Å². The second-order valence-corrected chi connectivity index (χ2v) is 9.26. The average Bonchev–Trinajstić information content (AvgIpc) is 2.39. The lowest BCUT2D eigenvalue weighted by atomic mass is 9.97. The van der Waals surface area contributed by atoms with Gasteiger partial charge in [0.05, 0.1) is 4.90 Å². The molecular formula is C13H20ClFN2O4S2. The van der Waals surface area contributed by atoms with Crippen molar-refractivity contribution < 1.29 is 21.2 Å². The van der Waals surface area contributed by atoms with Crippen LogP contribution in [0.1, 0.15) is 13.3 Å². The van der Waals surface area contributed by atoms with Crippen molar-refractivity contribution in [1.29, 1.82) is 0 Å². The summed E-state index contributed by atoms with van der Waals surface area (Å²) in [4.78, 5) is -0.787. The van der Waals surface area contributed by atoms with Crippen LogP contribution in [0.4, 0.5) is 4.39 Å². The monoisotopic (exact) mass is 386 g/mol. The maximum Gasteiger partial charge on any atom is 0.240 e. The minimum absolute atomic E-state index is 0. The van der Waals surface area contributed by atoms with Crippen LogP contribution in [0.15, 0.2) is 28.0 Å². The summed E-state index contributed by atoms with van der Waals surface area (Å²) in [6.07, 6.45) is 1.51. The van der Waals surface area contributed by atoms with Gasteiger partial charge in [0.2, 0.25) is 10.0 Å². The van der Waals surface area contributed by atoms with E-state index in [-0.39, 0.29) is 29.3 Å². The summed E-state index contributed by atoms with van der Waals surface area (Å²) in [7, 11) is -7.62. The van der Waals surface area contributed by atoms with Gasteiger partial charge in [-0.05, 0) is 43.6 Å². The van der Waals surface area contributed by atoms with E-state index in [9.17, 15) is 21.2 Å². The molecule has 1 aromatic carbocycles. The largest absolute Gasteiger partial charge is 0.316 e. The highest BCUT2D eigenvalue weighted by molar-refractivity contribution is 7.90. The van der Waals surface area contributed by atoms with Crippen LogP contribution in [0.5, 0.6) is 0 Å². The Morgan fingerprint density at radius 1 is 1.26 bits per heavy atom. The van der Waals surface area contributed by atoms with Gasteiger partial charge in [-0.2, -0.15) is 0 Å². The number of halogens is 2. The summed E-state index contributed by atoms with van der Waals surface area (Å²) in [6, 6.07) is 2.59. The molecule has 1 fully saturated rings. The van der Waals surface area contributed by atoms with Crippen molar-refractivity contribution in [2.75, 3.05) is 19.3 Å². The molecule has 0 saturated carbocycles. The Hall–Kier alpha value is -0.740. The van der Waals surface area contributed by atoms with Crippen LogP contribution >= 0.6 is 12.4 Å². The maximum atomic E-state index is 13.9. The highest BCUT2D eigenvalue weighted by atomic mass is 35.5. The Morgan fingerprint density at radius 3 is 2.43 bits per heavy atom. The SMILES string of the molecule is CC1CNCCC1NS(=O)(=O)c1ccc(S(C)(=O)=O)c(F)c1.Cl. The predicted molar refractivity (Wildman–Crippen MR) is 87.5 cm³/mol. The lowest BCUT2D eigenvalue weighted by molar-refractivity contribution is 0.328. The normalized spacial score (nSPS) is 22.4.